The predicted molar refractivity (Wildman–Crippen MR) is 110 cm³/mol. The van der Waals surface area contributed by atoms with E-state index < -0.39 is 0 Å². The van der Waals surface area contributed by atoms with Crippen molar-refractivity contribution in [3.05, 3.63) is 65.7 Å². The lowest BCUT2D eigenvalue weighted by molar-refractivity contribution is 0.174. The molecule has 2 N–H and O–H groups in total. The summed E-state index contributed by atoms with van der Waals surface area (Å²) in [4.78, 5) is 2.40. The summed E-state index contributed by atoms with van der Waals surface area (Å²) >= 11 is 0. The molecule has 0 aromatic heterocycles. The molecular formula is C23H26N2O2. The number of aryl methyl sites for hydroxylation is 1. The van der Waals surface area contributed by atoms with E-state index in [0.29, 0.717) is 6.79 Å². The van der Waals surface area contributed by atoms with Gasteiger partial charge in [-0.25, -0.2) is 0 Å². The molecule has 1 aliphatic heterocycles. The molecule has 0 spiro atoms. The fraction of sp³-hybridized carbons (Fsp3) is 0.304. The number of hydrogen-bond acceptors (Lipinski definition) is 4. The van der Waals surface area contributed by atoms with Crippen LogP contribution in [0.2, 0.25) is 0 Å². The molecule has 1 aliphatic rings. The minimum Gasteiger partial charge on any atom is -0.454 e. The molecule has 0 saturated heterocycles. The van der Waals surface area contributed by atoms with Crippen molar-refractivity contribution in [2.24, 2.45) is 0 Å². The molecule has 3 aromatic carbocycles. The average molecular weight is 362 g/mol. The molecule has 0 bridgehead atoms. The summed E-state index contributed by atoms with van der Waals surface area (Å²) < 4.78 is 10.8. The first-order chi connectivity index (χ1) is 13.2. The standard InChI is InChI=1S/C23H26N2O2/c1-25(13-11-17-7-10-22-23(14-17)27-16-26-22)12-3-6-18-4-2-5-19-15-20(24)8-9-21(18)19/h2,4-5,7-10,14-15H,3,6,11-13,16,24H2,1H3. The van der Waals surface area contributed by atoms with Gasteiger partial charge in [0.2, 0.25) is 6.79 Å². The van der Waals surface area contributed by atoms with E-state index in [1.165, 1.54) is 21.9 Å². The van der Waals surface area contributed by atoms with Crippen LogP contribution < -0.4 is 15.2 Å². The van der Waals surface area contributed by atoms with Gasteiger partial charge >= 0.3 is 0 Å². The van der Waals surface area contributed by atoms with E-state index in [0.717, 1.165) is 49.5 Å². The Bertz CT molecular complexity index is 939. The van der Waals surface area contributed by atoms with Crippen molar-refractivity contribution in [1.29, 1.82) is 0 Å². The molecule has 0 aliphatic carbocycles. The van der Waals surface area contributed by atoms with E-state index in [2.05, 4.69) is 54.4 Å². The first kappa shape index (κ1) is 17.7. The van der Waals surface area contributed by atoms with Gasteiger partial charge in [-0.2, -0.15) is 0 Å². The molecule has 4 rings (SSSR count). The highest BCUT2D eigenvalue weighted by atomic mass is 16.7. The van der Waals surface area contributed by atoms with E-state index in [1.54, 1.807) is 0 Å². The van der Waals surface area contributed by atoms with Crippen LogP contribution in [0, 0.1) is 0 Å². The Balaban J connectivity index is 1.28. The van der Waals surface area contributed by atoms with Gasteiger partial charge in [-0.1, -0.05) is 30.3 Å². The average Bonchev–Trinajstić information content (AvgIpc) is 3.14. The van der Waals surface area contributed by atoms with Gasteiger partial charge in [0, 0.05) is 12.2 Å². The highest BCUT2D eigenvalue weighted by Crippen LogP contribution is 2.32. The number of nitrogens with two attached hydrogens (primary N) is 1. The second-order valence-electron chi connectivity index (χ2n) is 7.24. The number of benzene rings is 3. The third-order valence-electron chi connectivity index (χ3n) is 5.20. The minimum absolute atomic E-state index is 0.333. The van der Waals surface area contributed by atoms with Crippen LogP contribution in [-0.2, 0) is 12.8 Å². The van der Waals surface area contributed by atoms with Crippen LogP contribution in [0.25, 0.3) is 10.8 Å². The summed E-state index contributed by atoms with van der Waals surface area (Å²) in [7, 11) is 2.19. The van der Waals surface area contributed by atoms with Crippen molar-refractivity contribution in [2.75, 3.05) is 32.7 Å². The number of rotatable bonds is 7. The number of anilines is 1. The molecule has 27 heavy (non-hydrogen) atoms. The third-order valence-corrected chi connectivity index (χ3v) is 5.20. The smallest absolute Gasteiger partial charge is 0.231 e. The van der Waals surface area contributed by atoms with Crippen LogP contribution >= 0.6 is 0 Å². The van der Waals surface area contributed by atoms with Crippen LogP contribution in [0.5, 0.6) is 11.5 Å². The van der Waals surface area contributed by atoms with E-state index in [9.17, 15) is 0 Å². The van der Waals surface area contributed by atoms with Crippen molar-refractivity contribution >= 4 is 16.5 Å². The Morgan fingerprint density at radius 1 is 0.926 bits per heavy atom. The van der Waals surface area contributed by atoms with Gasteiger partial charge in [-0.05, 0) is 79.0 Å². The minimum atomic E-state index is 0.333. The van der Waals surface area contributed by atoms with Crippen molar-refractivity contribution in [1.82, 2.24) is 4.90 Å². The zero-order valence-electron chi connectivity index (χ0n) is 15.8. The van der Waals surface area contributed by atoms with E-state index in [4.69, 9.17) is 15.2 Å². The zero-order valence-corrected chi connectivity index (χ0v) is 15.8. The molecule has 0 fully saturated rings. The van der Waals surface area contributed by atoms with Crippen LogP contribution in [-0.4, -0.2) is 31.8 Å². The maximum absolute atomic E-state index is 5.90. The molecule has 0 amide bonds. The van der Waals surface area contributed by atoms with Crippen molar-refractivity contribution in [3.63, 3.8) is 0 Å². The number of nitrogen functional groups attached to an aromatic ring is 1. The fourth-order valence-electron chi connectivity index (χ4n) is 3.65. The Kier molecular flexibility index (Phi) is 5.16. The molecule has 4 heteroatoms. The fourth-order valence-corrected chi connectivity index (χ4v) is 3.65. The van der Waals surface area contributed by atoms with E-state index in [-0.39, 0.29) is 0 Å². The monoisotopic (exact) mass is 362 g/mol. The molecule has 3 aromatic rings. The lowest BCUT2D eigenvalue weighted by Crippen LogP contribution is -2.22. The van der Waals surface area contributed by atoms with Gasteiger partial charge in [-0.15, -0.1) is 0 Å². The molecular weight excluding hydrogens is 336 g/mol. The van der Waals surface area contributed by atoms with E-state index >= 15 is 0 Å². The van der Waals surface area contributed by atoms with Crippen LogP contribution in [0.4, 0.5) is 5.69 Å². The Morgan fingerprint density at radius 3 is 2.74 bits per heavy atom. The molecule has 0 atom stereocenters. The van der Waals surface area contributed by atoms with Crippen LogP contribution in [0.3, 0.4) is 0 Å². The molecule has 0 unspecified atom stereocenters. The van der Waals surface area contributed by atoms with Crippen LogP contribution in [0.15, 0.2) is 54.6 Å². The van der Waals surface area contributed by atoms with Gasteiger partial charge < -0.3 is 20.1 Å². The molecule has 1 heterocycles. The summed E-state index contributed by atoms with van der Waals surface area (Å²) in [6.07, 6.45) is 3.23. The number of nitrogens with zero attached hydrogens (tertiary/aromatic N) is 1. The highest BCUT2D eigenvalue weighted by molar-refractivity contribution is 5.88. The second-order valence-corrected chi connectivity index (χ2v) is 7.24. The molecule has 4 nitrogen and oxygen atoms in total. The summed E-state index contributed by atoms with van der Waals surface area (Å²) in [6, 6.07) is 18.9. The summed E-state index contributed by atoms with van der Waals surface area (Å²) in [6.45, 7) is 2.45. The number of hydrogen-bond donors (Lipinski definition) is 1. The van der Waals surface area contributed by atoms with Crippen molar-refractivity contribution in [3.8, 4) is 11.5 Å². The summed E-state index contributed by atoms with van der Waals surface area (Å²) in [5.41, 5.74) is 9.41. The van der Waals surface area contributed by atoms with Gasteiger partial charge in [0.25, 0.3) is 0 Å². The first-order valence-corrected chi connectivity index (χ1v) is 9.53. The van der Waals surface area contributed by atoms with Gasteiger partial charge in [-0.3, -0.25) is 0 Å². The maximum Gasteiger partial charge on any atom is 0.231 e. The van der Waals surface area contributed by atoms with Crippen molar-refractivity contribution in [2.45, 2.75) is 19.3 Å². The number of ether oxygens (including phenoxy) is 2. The topological polar surface area (TPSA) is 47.7 Å². The Morgan fingerprint density at radius 2 is 1.81 bits per heavy atom. The summed E-state index contributed by atoms with van der Waals surface area (Å²) in [5, 5.41) is 2.54. The van der Waals surface area contributed by atoms with E-state index in [1.807, 2.05) is 12.1 Å². The quantitative estimate of drug-likeness (QED) is 0.638. The first-order valence-electron chi connectivity index (χ1n) is 9.53. The summed E-state index contributed by atoms with van der Waals surface area (Å²) in [5.74, 6) is 1.72. The Hall–Kier alpha value is -2.72. The predicted octanol–water partition coefficient (Wildman–Crippen LogP) is 4.26. The normalized spacial score (nSPS) is 12.8. The molecule has 140 valence electrons. The van der Waals surface area contributed by atoms with Gasteiger partial charge in [0.15, 0.2) is 11.5 Å². The number of fused-ring (bicyclic) bond motifs is 2. The molecule has 0 radical (unpaired) electrons. The lowest BCUT2D eigenvalue weighted by atomic mass is 10.0. The second kappa shape index (κ2) is 7.89. The number of likely N-dealkylation sites (N-methyl/N-ethyl adjacent to an activating group) is 1. The zero-order chi connectivity index (χ0) is 18.6. The third kappa shape index (κ3) is 4.17. The largest absolute Gasteiger partial charge is 0.454 e. The van der Waals surface area contributed by atoms with Crippen LogP contribution in [0.1, 0.15) is 17.5 Å². The SMILES string of the molecule is CN(CCCc1cccc2cc(N)ccc12)CCc1ccc2c(c1)OCO2. The van der Waals surface area contributed by atoms with Gasteiger partial charge in [0.05, 0.1) is 0 Å². The highest BCUT2D eigenvalue weighted by Gasteiger charge is 2.13. The van der Waals surface area contributed by atoms with Gasteiger partial charge in [0.1, 0.15) is 0 Å². The lowest BCUT2D eigenvalue weighted by Gasteiger charge is -2.17. The van der Waals surface area contributed by atoms with Crippen molar-refractivity contribution < 1.29 is 9.47 Å². The Labute approximate surface area is 160 Å². The maximum atomic E-state index is 5.90. The molecule has 0 saturated carbocycles.